The van der Waals surface area contributed by atoms with Crippen LogP contribution in [0.3, 0.4) is 0 Å². The van der Waals surface area contributed by atoms with Crippen molar-refractivity contribution in [3.63, 3.8) is 0 Å². The van der Waals surface area contributed by atoms with Crippen molar-refractivity contribution in [1.29, 1.82) is 0 Å². The first-order valence-electron chi connectivity index (χ1n) is 10.4. The second-order valence-corrected chi connectivity index (χ2v) is 7.67. The largest absolute Gasteiger partial charge is 0.378 e. The maximum absolute atomic E-state index is 5.45. The van der Waals surface area contributed by atoms with Crippen LogP contribution in [0.4, 0.5) is 11.5 Å². The number of aromatic nitrogens is 3. The van der Waals surface area contributed by atoms with Crippen LogP contribution < -0.4 is 15.5 Å². The summed E-state index contributed by atoms with van der Waals surface area (Å²) < 4.78 is 5.45. The van der Waals surface area contributed by atoms with E-state index in [4.69, 9.17) is 9.72 Å². The summed E-state index contributed by atoms with van der Waals surface area (Å²) in [5.74, 6) is 1.44. The number of anilines is 2. The molecule has 2 aliphatic heterocycles. The molecule has 0 spiro atoms. The van der Waals surface area contributed by atoms with Gasteiger partial charge >= 0.3 is 0 Å². The van der Waals surface area contributed by atoms with Crippen molar-refractivity contribution in [3.8, 4) is 11.3 Å². The lowest BCUT2D eigenvalue weighted by Crippen LogP contribution is -2.36. The van der Waals surface area contributed by atoms with Crippen LogP contribution in [0.1, 0.15) is 6.42 Å². The van der Waals surface area contributed by atoms with Gasteiger partial charge in [-0.25, -0.2) is 9.97 Å². The van der Waals surface area contributed by atoms with Gasteiger partial charge in [0.25, 0.3) is 0 Å². The molecule has 2 aliphatic rings. The summed E-state index contributed by atoms with van der Waals surface area (Å²) in [6, 6.07) is 10.6. The molecule has 2 N–H and O–H groups in total. The lowest BCUT2D eigenvalue weighted by molar-refractivity contribution is 0.122. The number of morpholine rings is 1. The van der Waals surface area contributed by atoms with Gasteiger partial charge in [-0.15, -0.1) is 0 Å². The fourth-order valence-corrected chi connectivity index (χ4v) is 4.04. The number of nitrogens with zero attached hydrogens (tertiary/aromatic N) is 4. The van der Waals surface area contributed by atoms with Crippen LogP contribution in [-0.4, -0.2) is 60.9 Å². The highest BCUT2D eigenvalue weighted by Crippen LogP contribution is 2.27. The van der Waals surface area contributed by atoms with E-state index in [0.29, 0.717) is 5.92 Å². The third-order valence-corrected chi connectivity index (χ3v) is 5.72. The molecule has 2 aromatic heterocycles. The number of rotatable bonds is 5. The van der Waals surface area contributed by atoms with E-state index in [-0.39, 0.29) is 13.5 Å². The van der Waals surface area contributed by atoms with Gasteiger partial charge in [-0.3, -0.25) is 4.98 Å². The highest BCUT2D eigenvalue weighted by molar-refractivity contribution is 7.59. The van der Waals surface area contributed by atoms with Crippen LogP contribution in [0.2, 0.25) is 0 Å². The normalized spacial score (nSPS) is 18.9. The van der Waals surface area contributed by atoms with Gasteiger partial charge in [0.2, 0.25) is 0 Å². The van der Waals surface area contributed by atoms with Crippen molar-refractivity contribution in [2.24, 2.45) is 5.92 Å². The van der Waals surface area contributed by atoms with E-state index >= 15 is 0 Å². The third kappa shape index (κ3) is 4.50. The first-order valence-corrected chi connectivity index (χ1v) is 10.4. The topological polar surface area (TPSA) is 75.2 Å². The Hall–Kier alpha value is -2.42. The lowest BCUT2D eigenvalue weighted by atomic mass is 10.1. The number of benzene rings is 1. The molecule has 158 valence electrons. The molecule has 8 heteroatoms. The minimum Gasteiger partial charge on any atom is -0.378 e. The Labute approximate surface area is 183 Å². The molecule has 0 amide bonds. The molecular formula is C22H28N6OS. The molecule has 1 aromatic carbocycles. The molecule has 0 unspecified atom stereocenters. The minimum absolute atomic E-state index is 0. The summed E-state index contributed by atoms with van der Waals surface area (Å²) in [6.45, 7) is 6.50. The second-order valence-electron chi connectivity index (χ2n) is 7.67. The van der Waals surface area contributed by atoms with E-state index in [0.717, 1.165) is 74.0 Å². The van der Waals surface area contributed by atoms with Gasteiger partial charge in [-0.1, -0.05) is 12.1 Å². The maximum Gasteiger partial charge on any atom is 0.154 e. The SMILES string of the molecule is S.c1cnc2c(NC[C@H]3CCNC3)nc(-c3ccc(N4CCOCC4)cc3)cc2n1. The minimum atomic E-state index is 0. The predicted molar refractivity (Wildman–Crippen MR) is 126 cm³/mol. The van der Waals surface area contributed by atoms with E-state index in [1.807, 2.05) is 6.07 Å². The number of pyridine rings is 1. The van der Waals surface area contributed by atoms with Crippen molar-refractivity contribution in [1.82, 2.24) is 20.3 Å². The van der Waals surface area contributed by atoms with E-state index < -0.39 is 0 Å². The van der Waals surface area contributed by atoms with Crippen molar-refractivity contribution < 1.29 is 4.74 Å². The van der Waals surface area contributed by atoms with Gasteiger partial charge in [0.1, 0.15) is 5.52 Å². The van der Waals surface area contributed by atoms with Crippen LogP contribution in [0.15, 0.2) is 42.7 Å². The molecule has 0 bridgehead atoms. The summed E-state index contributed by atoms with van der Waals surface area (Å²) in [6.07, 6.45) is 4.65. The molecule has 3 aromatic rings. The standard InChI is InChI=1S/C22H26N6O.H2S/c1-3-18(28-9-11-29-12-10-28)4-2-17(1)19-13-20-21(25-8-7-24-20)22(27-19)26-15-16-5-6-23-14-16;/h1-4,7-8,13,16,23H,5-6,9-12,14-15H2,(H,26,27);1H2/t16-;/m0./s1. The predicted octanol–water partition coefficient (Wildman–Crippen LogP) is 2.66. The Morgan fingerprint density at radius 1 is 1.10 bits per heavy atom. The van der Waals surface area contributed by atoms with E-state index in [1.165, 1.54) is 12.1 Å². The fraction of sp³-hybridized carbons (Fsp3) is 0.409. The fourth-order valence-electron chi connectivity index (χ4n) is 4.04. The number of hydrogen-bond acceptors (Lipinski definition) is 7. The Morgan fingerprint density at radius 3 is 2.67 bits per heavy atom. The van der Waals surface area contributed by atoms with Gasteiger partial charge in [0.05, 0.1) is 24.4 Å². The molecule has 2 fully saturated rings. The van der Waals surface area contributed by atoms with Crippen LogP contribution >= 0.6 is 13.5 Å². The van der Waals surface area contributed by atoms with Crippen molar-refractivity contribution in [2.45, 2.75) is 6.42 Å². The molecule has 0 aliphatic carbocycles. The van der Waals surface area contributed by atoms with Gasteiger partial charge < -0.3 is 20.3 Å². The molecule has 5 rings (SSSR count). The summed E-state index contributed by atoms with van der Waals surface area (Å²) in [5, 5.41) is 6.94. The molecule has 7 nitrogen and oxygen atoms in total. The number of nitrogens with one attached hydrogen (secondary N) is 2. The van der Waals surface area contributed by atoms with Crippen molar-refractivity contribution in [3.05, 3.63) is 42.7 Å². The molecule has 0 saturated carbocycles. The molecule has 0 radical (unpaired) electrons. The quantitative estimate of drug-likeness (QED) is 0.652. The smallest absolute Gasteiger partial charge is 0.154 e. The summed E-state index contributed by atoms with van der Waals surface area (Å²) in [4.78, 5) is 16.3. The zero-order chi connectivity index (χ0) is 19.5. The lowest BCUT2D eigenvalue weighted by Gasteiger charge is -2.28. The highest BCUT2D eigenvalue weighted by Gasteiger charge is 2.16. The first kappa shape index (κ1) is 20.8. The van der Waals surface area contributed by atoms with Crippen LogP contribution in [-0.2, 0) is 4.74 Å². The van der Waals surface area contributed by atoms with Crippen LogP contribution in [0.25, 0.3) is 22.3 Å². The van der Waals surface area contributed by atoms with E-state index in [2.05, 4.69) is 49.8 Å². The van der Waals surface area contributed by atoms with Crippen molar-refractivity contribution in [2.75, 3.05) is 56.2 Å². The summed E-state index contributed by atoms with van der Waals surface area (Å²) in [7, 11) is 0. The average molecular weight is 425 g/mol. The summed E-state index contributed by atoms with van der Waals surface area (Å²) in [5.41, 5.74) is 4.91. The second kappa shape index (κ2) is 9.59. The number of fused-ring (bicyclic) bond motifs is 1. The number of hydrogen-bond donors (Lipinski definition) is 2. The molecule has 30 heavy (non-hydrogen) atoms. The van der Waals surface area contributed by atoms with E-state index in [1.54, 1.807) is 12.4 Å². The average Bonchev–Trinajstić information content (AvgIpc) is 3.32. The molecular weight excluding hydrogens is 396 g/mol. The Balaban J connectivity index is 0.00000218. The van der Waals surface area contributed by atoms with E-state index in [9.17, 15) is 0 Å². The molecule has 1 atom stereocenters. The van der Waals surface area contributed by atoms with Crippen LogP contribution in [0.5, 0.6) is 0 Å². The maximum atomic E-state index is 5.45. The Morgan fingerprint density at radius 2 is 1.90 bits per heavy atom. The zero-order valence-corrected chi connectivity index (χ0v) is 18.0. The Bertz CT molecular complexity index is 971. The van der Waals surface area contributed by atoms with Gasteiger partial charge in [0, 0.05) is 43.3 Å². The highest BCUT2D eigenvalue weighted by atomic mass is 32.1. The number of ether oxygens (including phenoxy) is 1. The zero-order valence-electron chi connectivity index (χ0n) is 17.0. The van der Waals surface area contributed by atoms with Gasteiger partial charge in [-0.05, 0) is 43.6 Å². The van der Waals surface area contributed by atoms with Gasteiger partial charge in [-0.2, -0.15) is 13.5 Å². The summed E-state index contributed by atoms with van der Waals surface area (Å²) >= 11 is 0. The molecule has 2 saturated heterocycles. The first-order chi connectivity index (χ1) is 14.4. The van der Waals surface area contributed by atoms with Gasteiger partial charge in [0.15, 0.2) is 5.82 Å². The van der Waals surface area contributed by atoms with Crippen molar-refractivity contribution >= 4 is 36.0 Å². The third-order valence-electron chi connectivity index (χ3n) is 5.72. The Kier molecular flexibility index (Phi) is 6.66. The monoisotopic (exact) mass is 424 g/mol. The molecule has 4 heterocycles. The van der Waals surface area contributed by atoms with Crippen LogP contribution in [0, 0.1) is 5.92 Å².